The molecule has 0 radical (unpaired) electrons. The van der Waals surface area contributed by atoms with E-state index < -0.39 is 156 Å². The van der Waals surface area contributed by atoms with Crippen molar-refractivity contribution in [2.75, 3.05) is 6.61 Å². The zero-order valence-corrected chi connectivity index (χ0v) is 33.7. The van der Waals surface area contributed by atoms with Gasteiger partial charge >= 0.3 is 5.97 Å². The van der Waals surface area contributed by atoms with Crippen LogP contribution in [0.1, 0.15) is 19.4 Å². The highest BCUT2D eigenvalue weighted by atomic mass is 16.8. The number of aliphatic hydroxyl groups is 7. The van der Waals surface area contributed by atoms with E-state index in [2.05, 4.69) is 0 Å². The van der Waals surface area contributed by atoms with E-state index >= 15 is 0 Å². The van der Waals surface area contributed by atoms with E-state index in [1.807, 2.05) is 0 Å². The number of carbonyl (C=O) groups is 1. The monoisotopic (exact) mass is 902 g/mol. The van der Waals surface area contributed by atoms with Gasteiger partial charge < -0.3 is 98.9 Å². The summed E-state index contributed by atoms with van der Waals surface area (Å²) in [5, 5.41) is 126. The zero-order valence-electron chi connectivity index (χ0n) is 33.7. The van der Waals surface area contributed by atoms with E-state index in [1.54, 1.807) is 0 Å². The van der Waals surface area contributed by atoms with Crippen molar-refractivity contribution < 1.29 is 104 Å². The van der Waals surface area contributed by atoms with Crippen LogP contribution in [0.4, 0.5) is 0 Å². The van der Waals surface area contributed by atoms with Gasteiger partial charge in [-0.2, -0.15) is 0 Å². The molecule has 0 amide bonds. The van der Waals surface area contributed by atoms with Crippen LogP contribution in [0.25, 0.3) is 28.4 Å². The summed E-state index contributed by atoms with van der Waals surface area (Å²) in [6.07, 6.45) is -24.1. The number of phenolic OH excluding ortho intramolecular Hbond substituents is 5. The molecule has 0 aliphatic carbocycles. The lowest BCUT2D eigenvalue weighted by atomic mass is 9.97. The van der Waals surface area contributed by atoms with Crippen LogP contribution in [0.3, 0.4) is 0 Å². The van der Waals surface area contributed by atoms with Gasteiger partial charge in [0, 0.05) is 23.8 Å². The number of benzene rings is 3. The maximum Gasteiger partial charge on any atom is 0.331 e. The number of hydrogen-bond acceptors (Lipinski definition) is 22. The summed E-state index contributed by atoms with van der Waals surface area (Å²) in [5.74, 6) is -5.13. The van der Waals surface area contributed by atoms with Crippen molar-refractivity contribution in [3.63, 3.8) is 0 Å². The lowest BCUT2D eigenvalue weighted by Gasteiger charge is -2.47. The Kier molecular flexibility index (Phi) is 13.7. The third kappa shape index (κ3) is 9.44. The van der Waals surface area contributed by atoms with E-state index in [-0.39, 0.29) is 11.3 Å². The summed E-state index contributed by atoms with van der Waals surface area (Å²) in [7, 11) is 0. The van der Waals surface area contributed by atoms with Gasteiger partial charge in [-0.05, 0) is 55.8 Å². The molecule has 22 nitrogen and oxygen atoms in total. The van der Waals surface area contributed by atoms with Crippen LogP contribution in [-0.2, 0) is 33.2 Å². The number of aliphatic hydroxyl groups excluding tert-OH is 7. The zero-order chi connectivity index (χ0) is 46.3. The summed E-state index contributed by atoms with van der Waals surface area (Å²) < 4.78 is 47.0. The second-order valence-electron chi connectivity index (χ2n) is 15.4. The Morgan fingerprint density at radius 2 is 1.30 bits per heavy atom. The molecule has 0 spiro atoms. The Bertz CT molecular complexity index is 2390. The minimum atomic E-state index is -2.13. The molecule has 22 heteroatoms. The minimum Gasteiger partial charge on any atom is -0.508 e. The molecule has 3 aliphatic heterocycles. The smallest absolute Gasteiger partial charge is 0.331 e. The quantitative estimate of drug-likeness (QED) is 0.0495. The van der Waals surface area contributed by atoms with E-state index in [4.69, 9.17) is 37.6 Å². The number of rotatable bonds is 11. The molecular weight excluding hydrogens is 856 g/mol. The number of aromatic hydroxyl groups is 5. The first-order valence-corrected chi connectivity index (χ1v) is 19.7. The van der Waals surface area contributed by atoms with Gasteiger partial charge in [-0.3, -0.25) is 4.79 Å². The minimum absolute atomic E-state index is 0.0612. The number of carbonyl (C=O) groups excluding carboxylic acids is 1. The molecule has 0 bridgehead atoms. The predicted octanol–water partition coefficient (Wildman–Crippen LogP) is -0.865. The fraction of sp³-hybridized carbons (Fsp3) is 0.429. The average molecular weight is 903 g/mol. The standard InChI is InChI=1S/C42H46O22/c1-15-28(49)32(53)34(55)40(58-15)57-14-25-30(51)37(62-26(48)10-5-17-3-7-19(43)8-4-17)39(64-41-35(56)33(54)29(50)16(2)59-41)42(61-25)63-38-31(52)27-23(47)12-20(44)13-24(27)60-36(38)18-6-9-21(45)22(46)11-18/h3-13,15-16,25,28-30,32-35,37,39-47,49-51,53-56H,14H2,1-2H3/b10-5+/t15-,16-,25+,28-,29-,30-,32+,33+,34+,35+,37-,39+,40+,41-,42-/m0/s1. The maximum atomic E-state index is 14.4. The Morgan fingerprint density at radius 1 is 0.656 bits per heavy atom. The van der Waals surface area contributed by atoms with Gasteiger partial charge in [0.1, 0.15) is 77.0 Å². The molecule has 3 saturated heterocycles. The van der Waals surface area contributed by atoms with Gasteiger partial charge in [0.05, 0.1) is 18.8 Å². The lowest BCUT2D eigenvalue weighted by molar-refractivity contribution is -0.360. The molecule has 3 fully saturated rings. The predicted molar refractivity (Wildman–Crippen MR) is 212 cm³/mol. The molecule has 12 N–H and O–H groups in total. The van der Waals surface area contributed by atoms with E-state index in [1.165, 1.54) is 50.3 Å². The van der Waals surface area contributed by atoms with Crippen molar-refractivity contribution in [1.29, 1.82) is 0 Å². The first-order chi connectivity index (χ1) is 30.3. The Balaban J connectivity index is 1.34. The first kappa shape index (κ1) is 46.4. The van der Waals surface area contributed by atoms with Crippen LogP contribution in [0.2, 0.25) is 0 Å². The van der Waals surface area contributed by atoms with E-state index in [0.29, 0.717) is 5.56 Å². The highest BCUT2D eigenvalue weighted by Gasteiger charge is 2.54. The highest BCUT2D eigenvalue weighted by molar-refractivity contribution is 5.89. The van der Waals surface area contributed by atoms with Gasteiger partial charge in [-0.15, -0.1) is 0 Å². The van der Waals surface area contributed by atoms with E-state index in [0.717, 1.165) is 30.3 Å². The second kappa shape index (κ2) is 18.9. The van der Waals surface area contributed by atoms with Crippen LogP contribution in [0, 0.1) is 0 Å². The summed E-state index contributed by atoms with van der Waals surface area (Å²) in [6, 6.07) is 10.6. The number of phenols is 5. The van der Waals surface area contributed by atoms with Gasteiger partial charge in [-0.1, -0.05) is 12.1 Å². The van der Waals surface area contributed by atoms with Crippen molar-refractivity contribution in [3.8, 4) is 45.8 Å². The highest BCUT2D eigenvalue weighted by Crippen LogP contribution is 2.41. The molecule has 346 valence electrons. The summed E-state index contributed by atoms with van der Waals surface area (Å²) >= 11 is 0. The van der Waals surface area contributed by atoms with Crippen molar-refractivity contribution in [2.45, 2.75) is 106 Å². The molecule has 3 aliphatic rings. The van der Waals surface area contributed by atoms with Gasteiger partial charge in [0.2, 0.25) is 17.5 Å². The maximum absolute atomic E-state index is 14.4. The van der Waals surface area contributed by atoms with Crippen LogP contribution >= 0.6 is 0 Å². The van der Waals surface area contributed by atoms with Gasteiger partial charge in [-0.25, -0.2) is 4.79 Å². The van der Waals surface area contributed by atoms with Crippen molar-refractivity contribution in [2.24, 2.45) is 0 Å². The Labute approximate surface area is 361 Å². The summed E-state index contributed by atoms with van der Waals surface area (Å²) in [5.41, 5.74) is -1.26. The fourth-order valence-electron chi connectivity index (χ4n) is 7.29. The first-order valence-electron chi connectivity index (χ1n) is 19.7. The van der Waals surface area contributed by atoms with Gasteiger partial charge in [0.15, 0.2) is 42.0 Å². The van der Waals surface area contributed by atoms with Crippen LogP contribution in [0.15, 0.2) is 69.9 Å². The third-order valence-electron chi connectivity index (χ3n) is 10.9. The number of fused-ring (bicyclic) bond motifs is 1. The molecule has 3 aromatic carbocycles. The van der Waals surface area contributed by atoms with Crippen LogP contribution in [-0.4, -0.2) is 166 Å². The van der Waals surface area contributed by atoms with Crippen LogP contribution in [0.5, 0.6) is 34.5 Å². The number of ether oxygens (including phenoxy) is 7. The molecule has 64 heavy (non-hydrogen) atoms. The molecule has 1 aromatic heterocycles. The molecule has 7 rings (SSSR count). The molecule has 0 unspecified atom stereocenters. The number of esters is 1. The van der Waals surface area contributed by atoms with Crippen molar-refractivity contribution in [3.05, 3.63) is 76.5 Å². The topological polar surface area (TPSA) is 355 Å². The number of hydrogen-bond donors (Lipinski definition) is 12. The third-order valence-corrected chi connectivity index (χ3v) is 10.9. The molecular formula is C42H46O22. The Hall–Kier alpha value is -5.60. The largest absolute Gasteiger partial charge is 0.508 e. The Morgan fingerprint density at radius 3 is 1.95 bits per heavy atom. The van der Waals surface area contributed by atoms with Crippen LogP contribution < -0.4 is 10.2 Å². The average Bonchev–Trinajstić information content (AvgIpc) is 3.25. The summed E-state index contributed by atoms with van der Waals surface area (Å²) in [6.45, 7) is 1.93. The molecule has 4 heterocycles. The molecule has 4 aromatic rings. The van der Waals surface area contributed by atoms with E-state index in [9.17, 15) is 70.9 Å². The lowest BCUT2D eigenvalue weighted by Crippen LogP contribution is -2.66. The van der Waals surface area contributed by atoms with Crippen molar-refractivity contribution >= 4 is 23.0 Å². The molecule has 15 atom stereocenters. The SMILES string of the molecule is C[C@@H]1O[C@@H](OC[C@H]2O[C@@H](Oc3c(-c4ccc(O)c(O)c4)oc4cc(O)cc(O)c4c3=O)[C@H](O[C@@H]3O[C@@H](C)[C@H](O)[C@@H](O)[C@H]3O)[C@@H](OC(=O)/C=C/c3ccc(O)cc3)[C@H]2O)[C@H](O)[C@H](O)[C@H]1O. The normalized spacial score (nSPS) is 33.3. The molecule has 0 saturated carbocycles. The fourth-order valence-corrected chi connectivity index (χ4v) is 7.29. The summed E-state index contributed by atoms with van der Waals surface area (Å²) in [4.78, 5) is 28.0. The second-order valence-corrected chi connectivity index (χ2v) is 15.4. The van der Waals surface area contributed by atoms with Crippen molar-refractivity contribution in [1.82, 2.24) is 0 Å². The van der Waals surface area contributed by atoms with Gasteiger partial charge in [0.25, 0.3) is 0 Å².